The molecule has 0 aromatic carbocycles. The summed E-state index contributed by atoms with van der Waals surface area (Å²) in [5.41, 5.74) is 0.673. The molecule has 0 bridgehead atoms. The summed E-state index contributed by atoms with van der Waals surface area (Å²) >= 11 is 0. The van der Waals surface area contributed by atoms with Crippen molar-refractivity contribution in [2.45, 2.75) is 19.4 Å². The van der Waals surface area contributed by atoms with Crippen LogP contribution in [-0.4, -0.2) is 56.7 Å². The molecule has 7 heteroatoms. The van der Waals surface area contributed by atoms with E-state index in [0.29, 0.717) is 11.5 Å². The molecular weight excluding hydrogens is 292 g/mol. The van der Waals surface area contributed by atoms with Gasteiger partial charge in [-0.05, 0) is 44.0 Å². The van der Waals surface area contributed by atoms with Crippen molar-refractivity contribution in [3.05, 3.63) is 42.7 Å². The van der Waals surface area contributed by atoms with Gasteiger partial charge in [0.1, 0.15) is 12.7 Å². The van der Waals surface area contributed by atoms with Crippen molar-refractivity contribution in [1.82, 2.24) is 30.0 Å². The summed E-state index contributed by atoms with van der Waals surface area (Å²) in [6.07, 6.45) is 9.03. The first-order valence-corrected chi connectivity index (χ1v) is 8.04. The van der Waals surface area contributed by atoms with Gasteiger partial charge >= 0.3 is 0 Å². The maximum Gasteiger partial charge on any atom is 0.251 e. The zero-order valence-electron chi connectivity index (χ0n) is 13.1. The van der Waals surface area contributed by atoms with Gasteiger partial charge in [-0.3, -0.25) is 9.78 Å². The van der Waals surface area contributed by atoms with Gasteiger partial charge in [0.25, 0.3) is 5.91 Å². The van der Waals surface area contributed by atoms with Gasteiger partial charge in [-0.25, -0.2) is 0 Å². The highest BCUT2D eigenvalue weighted by atomic mass is 16.1. The number of hydrogen-bond donors (Lipinski definition) is 1. The molecule has 2 aromatic rings. The highest BCUT2D eigenvalue weighted by Crippen LogP contribution is 2.16. The molecule has 0 atom stereocenters. The third kappa shape index (κ3) is 4.59. The highest BCUT2D eigenvalue weighted by Gasteiger charge is 2.19. The lowest BCUT2D eigenvalue weighted by atomic mass is 9.96. The Morgan fingerprint density at radius 2 is 1.83 bits per heavy atom. The minimum atomic E-state index is -0.0116. The Balaban J connectivity index is 1.35. The number of carbonyl (C=O) groups is 1. The van der Waals surface area contributed by atoms with E-state index in [-0.39, 0.29) is 5.91 Å². The molecule has 1 aliphatic rings. The molecule has 1 fully saturated rings. The summed E-state index contributed by atoms with van der Waals surface area (Å²) in [6, 6.07) is 3.48. The maximum absolute atomic E-state index is 12.0. The van der Waals surface area contributed by atoms with Gasteiger partial charge in [0.05, 0.1) is 0 Å². The SMILES string of the molecule is O=C(NCC1CCN(CCn2cnnc2)CC1)c1ccncc1. The van der Waals surface area contributed by atoms with Gasteiger partial charge < -0.3 is 14.8 Å². The Kier molecular flexibility index (Phi) is 5.31. The standard InChI is InChI=1S/C16H22N6O/c23-16(15-1-5-17-6-2-15)18-11-14-3-7-21(8-4-14)9-10-22-12-19-20-13-22/h1-2,5-6,12-14H,3-4,7-11H2,(H,18,23). The van der Waals surface area contributed by atoms with E-state index < -0.39 is 0 Å². The smallest absolute Gasteiger partial charge is 0.251 e. The number of nitrogens with one attached hydrogen (secondary N) is 1. The van der Waals surface area contributed by atoms with Crippen molar-refractivity contribution in [3.63, 3.8) is 0 Å². The molecule has 0 radical (unpaired) electrons. The number of hydrogen-bond acceptors (Lipinski definition) is 5. The van der Waals surface area contributed by atoms with Crippen molar-refractivity contribution in [1.29, 1.82) is 0 Å². The number of likely N-dealkylation sites (tertiary alicyclic amines) is 1. The minimum absolute atomic E-state index is 0.0116. The van der Waals surface area contributed by atoms with Gasteiger partial charge in [0.2, 0.25) is 0 Å². The summed E-state index contributed by atoms with van der Waals surface area (Å²) < 4.78 is 2.00. The Bertz CT molecular complexity index is 592. The number of aromatic nitrogens is 4. The van der Waals surface area contributed by atoms with Crippen LogP contribution in [0.1, 0.15) is 23.2 Å². The largest absolute Gasteiger partial charge is 0.352 e. The second-order valence-corrected chi connectivity index (χ2v) is 5.93. The topological polar surface area (TPSA) is 75.9 Å². The average Bonchev–Trinajstić information content (AvgIpc) is 3.13. The number of carbonyl (C=O) groups excluding carboxylic acids is 1. The molecule has 0 aliphatic carbocycles. The van der Waals surface area contributed by atoms with E-state index in [1.165, 1.54) is 0 Å². The lowest BCUT2D eigenvalue weighted by molar-refractivity contribution is 0.0935. The molecule has 3 rings (SSSR count). The van der Waals surface area contributed by atoms with E-state index in [0.717, 1.165) is 45.6 Å². The van der Waals surface area contributed by atoms with Crippen LogP contribution in [0.2, 0.25) is 0 Å². The summed E-state index contributed by atoms with van der Waals surface area (Å²) in [6.45, 7) is 4.86. The van der Waals surface area contributed by atoms with E-state index in [1.54, 1.807) is 37.2 Å². The fourth-order valence-electron chi connectivity index (χ4n) is 2.85. The van der Waals surface area contributed by atoms with Crippen LogP contribution in [0.4, 0.5) is 0 Å². The summed E-state index contributed by atoms with van der Waals surface area (Å²) in [7, 11) is 0. The second kappa shape index (κ2) is 7.82. The minimum Gasteiger partial charge on any atom is -0.352 e. The fraction of sp³-hybridized carbons (Fsp3) is 0.500. The van der Waals surface area contributed by atoms with Crippen molar-refractivity contribution in [3.8, 4) is 0 Å². The summed E-state index contributed by atoms with van der Waals surface area (Å²) in [4.78, 5) is 18.4. The predicted molar refractivity (Wildman–Crippen MR) is 85.8 cm³/mol. The quantitative estimate of drug-likeness (QED) is 0.854. The first-order valence-electron chi connectivity index (χ1n) is 8.04. The molecule has 1 saturated heterocycles. The molecule has 1 amide bonds. The summed E-state index contributed by atoms with van der Waals surface area (Å²) in [5, 5.41) is 10.7. The average molecular weight is 314 g/mol. The molecule has 122 valence electrons. The van der Waals surface area contributed by atoms with Gasteiger partial charge in [-0.1, -0.05) is 0 Å². The van der Waals surface area contributed by atoms with Crippen molar-refractivity contribution in [2.24, 2.45) is 5.92 Å². The van der Waals surface area contributed by atoms with Crippen molar-refractivity contribution < 1.29 is 4.79 Å². The summed E-state index contributed by atoms with van der Waals surface area (Å²) in [5.74, 6) is 0.550. The molecule has 0 spiro atoms. The van der Waals surface area contributed by atoms with Gasteiger partial charge in [0, 0.05) is 37.6 Å². The first kappa shape index (κ1) is 15.6. The molecule has 23 heavy (non-hydrogen) atoms. The van der Waals surface area contributed by atoms with E-state index >= 15 is 0 Å². The predicted octanol–water partition coefficient (Wildman–Crippen LogP) is 0.815. The zero-order valence-corrected chi connectivity index (χ0v) is 13.1. The van der Waals surface area contributed by atoms with Crippen LogP contribution in [0, 0.1) is 5.92 Å². The molecule has 3 heterocycles. The Morgan fingerprint density at radius 3 is 2.52 bits per heavy atom. The van der Waals surface area contributed by atoms with Crippen LogP contribution < -0.4 is 5.32 Å². The van der Waals surface area contributed by atoms with E-state index in [2.05, 4.69) is 25.4 Å². The van der Waals surface area contributed by atoms with Crippen LogP contribution in [0.3, 0.4) is 0 Å². The van der Waals surface area contributed by atoms with Crippen LogP contribution in [-0.2, 0) is 6.54 Å². The zero-order chi connectivity index (χ0) is 15.9. The molecule has 0 saturated carbocycles. The number of pyridine rings is 1. The number of amides is 1. The van der Waals surface area contributed by atoms with Crippen LogP contribution >= 0.6 is 0 Å². The third-order valence-electron chi connectivity index (χ3n) is 4.34. The van der Waals surface area contributed by atoms with Crippen LogP contribution in [0.25, 0.3) is 0 Å². The van der Waals surface area contributed by atoms with Gasteiger partial charge in [0.15, 0.2) is 0 Å². The molecule has 0 unspecified atom stereocenters. The highest BCUT2D eigenvalue weighted by molar-refractivity contribution is 5.93. The van der Waals surface area contributed by atoms with Crippen molar-refractivity contribution >= 4 is 5.91 Å². The van der Waals surface area contributed by atoms with E-state index in [9.17, 15) is 4.79 Å². The molecule has 7 nitrogen and oxygen atoms in total. The van der Waals surface area contributed by atoms with Gasteiger partial charge in [-0.2, -0.15) is 0 Å². The van der Waals surface area contributed by atoms with Crippen molar-refractivity contribution in [2.75, 3.05) is 26.2 Å². The van der Waals surface area contributed by atoms with E-state index in [1.807, 2.05) is 4.57 Å². The monoisotopic (exact) mass is 314 g/mol. The third-order valence-corrected chi connectivity index (χ3v) is 4.34. The second-order valence-electron chi connectivity index (χ2n) is 5.93. The van der Waals surface area contributed by atoms with Crippen LogP contribution in [0.15, 0.2) is 37.2 Å². The molecular formula is C16H22N6O. The molecule has 2 aromatic heterocycles. The lowest BCUT2D eigenvalue weighted by Gasteiger charge is -2.32. The Morgan fingerprint density at radius 1 is 1.13 bits per heavy atom. The lowest BCUT2D eigenvalue weighted by Crippen LogP contribution is -2.39. The number of nitrogens with zero attached hydrogens (tertiary/aromatic N) is 5. The normalized spacial score (nSPS) is 16.3. The van der Waals surface area contributed by atoms with E-state index in [4.69, 9.17) is 0 Å². The fourth-order valence-corrected chi connectivity index (χ4v) is 2.85. The molecule has 1 N–H and O–H groups in total. The molecule has 1 aliphatic heterocycles. The maximum atomic E-state index is 12.0. The van der Waals surface area contributed by atoms with Gasteiger partial charge in [-0.15, -0.1) is 10.2 Å². The Labute approximate surface area is 135 Å². The van der Waals surface area contributed by atoms with Crippen LogP contribution in [0.5, 0.6) is 0 Å². The Hall–Kier alpha value is -2.28. The number of rotatable bonds is 6. The first-order chi connectivity index (χ1) is 11.3. The number of piperidine rings is 1.